The summed E-state index contributed by atoms with van der Waals surface area (Å²) >= 11 is 6.41. The van der Waals surface area contributed by atoms with E-state index in [2.05, 4.69) is 30.8 Å². The summed E-state index contributed by atoms with van der Waals surface area (Å²) in [7, 11) is 0. The molecule has 300 valence electrons. The van der Waals surface area contributed by atoms with Gasteiger partial charge in [0, 0.05) is 30.9 Å². The number of hydrogen-bond acceptors (Lipinski definition) is 9. The molecule has 0 atom stereocenters. The first kappa shape index (κ1) is 44.1. The number of rotatable bonds is 8. The van der Waals surface area contributed by atoms with E-state index < -0.39 is 36.0 Å². The molecule has 22 heteroatoms. The molecule has 3 aromatic rings. The molecule has 2 aliphatic rings. The van der Waals surface area contributed by atoms with E-state index >= 15 is 0 Å². The van der Waals surface area contributed by atoms with Crippen molar-refractivity contribution in [2.75, 3.05) is 43.4 Å². The van der Waals surface area contributed by atoms with Crippen molar-refractivity contribution in [3.63, 3.8) is 0 Å². The van der Waals surface area contributed by atoms with Gasteiger partial charge in [0.05, 0.1) is 16.1 Å². The number of aliphatic carboxylic acids is 2. The SMILES string of the molecule is O=C(NCCN1CCCCC1)C1=Cc2c(ncnc2Nc2ccc(Oc3cccc(C(F)(F)F)c3)c(Cl)c2)NCC1.O=C(O)C(F)(F)F.O=C(O)C(F)(F)F. The van der Waals surface area contributed by atoms with E-state index in [0.717, 1.165) is 31.8 Å². The fourth-order valence-corrected chi connectivity index (χ4v) is 5.02. The number of nitrogens with zero attached hydrogens (tertiary/aromatic N) is 3. The topological polar surface area (TPSA) is 166 Å². The van der Waals surface area contributed by atoms with E-state index in [-0.39, 0.29) is 22.4 Å². The quantitative estimate of drug-likeness (QED) is 0.141. The van der Waals surface area contributed by atoms with Gasteiger partial charge >= 0.3 is 30.5 Å². The van der Waals surface area contributed by atoms with Crippen LogP contribution in [-0.2, 0) is 20.6 Å². The molecule has 5 rings (SSSR count). The summed E-state index contributed by atoms with van der Waals surface area (Å²) in [4.78, 5) is 41.9. The standard InChI is InChI=1S/C29H30ClF3N6O2.2C2HF3O2/c30-24-17-21(7-8-25(24)41-22-6-4-5-20(16-22)29(31,32)33)38-27-23-15-19(9-10-34-26(23)36-18-37-27)28(40)35-11-14-39-12-2-1-3-13-39;2*3-2(4,5)1(6)7/h4-8,15-18H,1-3,9-14H2,(H,35,40)(H2,34,36,37,38);2*(H,6,7). The number of carboxylic acid groups (broad SMARTS) is 2. The van der Waals surface area contributed by atoms with Crippen LogP contribution in [0, 0.1) is 0 Å². The van der Waals surface area contributed by atoms with Crippen molar-refractivity contribution in [3.05, 3.63) is 70.5 Å². The number of amides is 1. The molecule has 2 aliphatic heterocycles. The van der Waals surface area contributed by atoms with Crippen molar-refractivity contribution in [2.24, 2.45) is 0 Å². The number of anilines is 3. The van der Waals surface area contributed by atoms with Crippen LogP contribution < -0.4 is 20.7 Å². The average Bonchev–Trinajstić information content (AvgIpc) is 3.33. The Balaban J connectivity index is 0.000000494. The second-order valence-electron chi connectivity index (χ2n) is 11.5. The summed E-state index contributed by atoms with van der Waals surface area (Å²) in [5, 5.41) is 23.9. The number of ether oxygens (including phenoxy) is 1. The zero-order valence-electron chi connectivity index (χ0n) is 28.2. The number of aromatic nitrogens is 2. The Bertz CT molecular complexity index is 1810. The summed E-state index contributed by atoms with van der Waals surface area (Å²) in [6.07, 6.45) is -7.24. The molecule has 12 nitrogen and oxygen atoms in total. The average molecular weight is 815 g/mol. The monoisotopic (exact) mass is 814 g/mol. The van der Waals surface area contributed by atoms with Gasteiger partial charge in [0.25, 0.3) is 0 Å². The maximum Gasteiger partial charge on any atom is 0.490 e. The molecule has 0 radical (unpaired) electrons. The van der Waals surface area contributed by atoms with Crippen molar-refractivity contribution in [3.8, 4) is 11.5 Å². The summed E-state index contributed by atoms with van der Waals surface area (Å²) in [6.45, 7) is 4.11. The van der Waals surface area contributed by atoms with E-state index in [0.29, 0.717) is 48.0 Å². The van der Waals surface area contributed by atoms with Crippen LogP contribution in [0.3, 0.4) is 0 Å². The number of hydrogen-bond donors (Lipinski definition) is 5. The van der Waals surface area contributed by atoms with Gasteiger partial charge in [-0.2, -0.15) is 39.5 Å². The van der Waals surface area contributed by atoms with Gasteiger partial charge in [-0.05, 0) is 74.8 Å². The molecular formula is C33H32ClF9N6O6. The largest absolute Gasteiger partial charge is 0.490 e. The third-order valence-electron chi connectivity index (χ3n) is 7.41. The molecule has 1 amide bonds. The summed E-state index contributed by atoms with van der Waals surface area (Å²) in [6, 6.07) is 9.40. The van der Waals surface area contributed by atoms with Crippen LogP contribution in [0.4, 0.5) is 56.8 Å². The van der Waals surface area contributed by atoms with Crippen LogP contribution in [0.25, 0.3) is 6.08 Å². The van der Waals surface area contributed by atoms with Crippen LogP contribution >= 0.6 is 11.6 Å². The fraction of sp³-hybridized carbons (Fsp3) is 0.364. The highest BCUT2D eigenvalue weighted by molar-refractivity contribution is 6.32. The molecular weight excluding hydrogens is 783 g/mol. The Morgan fingerprint density at radius 3 is 2.11 bits per heavy atom. The normalized spacial score (nSPS) is 14.5. The fourth-order valence-electron chi connectivity index (χ4n) is 4.80. The molecule has 55 heavy (non-hydrogen) atoms. The Hall–Kier alpha value is -5.31. The highest BCUT2D eigenvalue weighted by Gasteiger charge is 2.39. The number of nitrogens with one attached hydrogen (secondary N) is 3. The Labute approximate surface area is 311 Å². The number of benzene rings is 2. The van der Waals surface area contributed by atoms with Crippen molar-refractivity contribution in [1.82, 2.24) is 20.2 Å². The second-order valence-corrected chi connectivity index (χ2v) is 11.9. The minimum absolute atomic E-state index is 0.0153. The van der Waals surface area contributed by atoms with Gasteiger partial charge in [-0.25, -0.2) is 19.6 Å². The number of carbonyl (C=O) groups excluding carboxylic acids is 1. The molecule has 0 spiro atoms. The molecule has 5 N–H and O–H groups in total. The lowest BCUT2D eigenvalue weighted by atomic mass is 10.1. The van der Waals surface area contributed by atoms with Crippen LogP contribution in [0.5, 0.6) is 11.5 Å². The van der Waals surface area contributed by atoms with Gasteiger partial charge in [-0.15, -0.1) is 0 Å². The predicted molar refractivity (Wildman–Crippen MR) is 180 cm³/mol. The summed E-state index contributed by atoms with van der Waals surface area (Å²) in [5.41, 5.74) is 1.00. The van der Waals surface area contributed by atoms with E-state index in [1.165, 1.54) is 37.7 Å². The third-order valence-corrected chi connectivity index (χ3v) is 7.71. The van der Waals surface area contributed by atoms with Crippen molar-refractivity contribution in [2.45, 2.75) is 44.2 Å². The van der Waals surface area contributed by atoms with Gasteiger partial charge in [0.15, 0.2) is 0 Å². The van der Waals surface area contributed by atoms with Gasteiger partial charge in [-0.3, -0.25) is 4.79 Å². The first-order chi connectivity index (χ1) is 25.6. The van der Waals surface area contributed by atoms with Gasteiger partial charge in [0.2, 0.25) is 5.91 Å². The molecule has 0 unspecified atom stereocenters. The highest BCUT2D eigenvalue weighted by Crippen LogP contribution is 2.37. The lowest BCUT2D eigenvalue weighted by Gasteiger charge is -2.26. The van der Waals surface area contributed by atoms with E-state index in [9.17, 15) is 44.3 Å². The van der Waals surface area contributed by atoms with E-state index in [1.54, 1.807) is 24.3 Å². The summed E-state index contributed by atoms with van der Waals surface area (Å²) < 4.78 is 108. The predicted octanol–water partition coefficient (Wildman–Crippen LogP) is 7.75. The zero-order valence-corrected chi connectivity index (χ0v) is 29.0. The molecule has 0 aliphatic carbocycles. The number of carboxylic acids is 2. The molecule has 0 bridgehead atoms. The molecule has 3 heterocycles. The van der Waals surface area contributed by atoms with Crippen LogP contribution in [-0.4, -0.2) is 88.0 Å². The maximum atomic E-state index is 13.1. The van der Waals surface area contributed by atoms with Crippen LogP contribution in [0.1, 0.15) is 36.8 Å². The van der Waals surface area contributed by atoms with Crippen molar-refractivity contribution in [1.29, 1.82) is 0 Å². The lowest BCUT2D eigenvalue weighted by molar-refractivity contribution is -0.193. The first-order valence-corrected chi connectivity index (χ1v) is 16.3. The molecule has 1 fully saturated rings. The minimum atomic E-state index is -5.08. The second kappa shape index (κ2) is 19.3. The maximum absolute atomic E-state index is 13.1. The highest BCUT2D eigenvalue weighted by atomic mass is 35.5. The Morgan fingerprint density at radius 1 is 0.891 bits per heavy atom. The van der Waals surface area contributed by atoms with Crippen LogP contribution in [0.2, 0.25) is 5.02 Å². The van der Waals surface area contributed by atoms with Gasteiger partial charge in [0.1, 0.15) is 29.5 Å². The third kappa shape index (κ3) is 14.5. The van der Waals surface area contributed by atoms with Gasteiger partial charge < -0.3 is 35.8 Å². The Kier molecular flexibility index (Phi) is 15.5. The van der Waals surface area contributed by atoms with Crippen molar-refractivity contribution >= 4 is 52.8 Å². The van der Waals surface area contributed by atoms with E-state index in [4.69, 9.17) is 36.1 Å². The molecule has 2 aromatic carbocycles. The van der Waals surface area contributed by atoms with Crippen LogP contribution in [0.15, 0.2) is 54.4 Å². The number of alkyl halides is 9. The number of likely N-dealkylation sites (tertiary alicyclic amines) is 1. The Morgan fingerprint density at radius 2 is 1.53 bits per heavy atom. The lowest BCUT2D eigenvalue weighted by Crippen LogP contribution is -2.38. The van der Waals surface area contributed by atoms with Crippen molar-refractivity contribution < 1.29 is 68.8 Å². The molecule has 1 saturated heterocycles. The zero-order chi connectivity index (χ0) is 41.0. The summed E-state index contributed by atoms with van der Waals surface area (Å²) in [5.74, 6) is -4.37. The first-order valence-electron chi connectivity index (χ1n) is 16.0. The van der Waals surface area contributed by atoms with Gasteiger partial charge in [-0.1, -0.05) is 24.1 Å². The number of piperidine rings is 1. The minimum Gasteiger partial charge on any atom is -0.475 e. The molecule has 0 saturated carbocycles. The number of carbonyl (C=O) groups is 3. The molecule has 1 aromatic heterocycles. The van der Waals surface area contributed by atoms with E-state index in [1.807, 2.05) is 0 Å². The number of fused-ring (bicyclic) bond motifs is 1. The number of halogens is 10. The smallest absolute Gasteiger partial charge is 0.475 e.